The van der Waals surface area contributed by atoms with E-state index in [2.05, 4.69) is 13.8 Å². The zero-order chi connectivity index (χ0) is 12.7. The monoisotopic (exact) mass is 234 g/mol. The van der Waals surface area contributed by atoms with Gasteiger partial charge in [0.05, 0.1) is 14.2 Å². The maximum absolute atomic E-state index is 12.1. The van der Waals surface area contributed by atoms with Gasteiger partial charge in [0.15, 0.2) is 0 Å². The minimum absolute atomic E-state index is 0.0747. The number of para-hydroxylation sites is 1. The molecule has 0 radical (unpaired) electrons. The summed E-state index contributed by atoms with van der Waals surface area (Å²) < 4.78 is 10.3. The first kappa shape index (κ1) is 12.0. The lowest BCUT2D eigenvalue weighted by atomic mass is 9.87. The summed E-state index contributed by atoms with van der Waals surface area (Å²) in [5.74, 6) is 0.579. The van der Waals surface area contributed by atoms with Crippen molar-refractivity contribution in [1.82, 2.24) is 0 Å². The topological polar surface area (TPSA) is 35.5 Å². The van der Waals surface area contributed by atoms with Gasteiger partial charge in [0.2, 0.25) is 0 Å². The average molecular weight is 234 g/mol. The predicted molar refractivity (Wildman–Crippen MR) is 65.1 cm³/mol. The van der Waals surface area contributed by atoms with Gasteiger partial charge in [-0.3, -0.25) is 4.79 Å². The number of hydrogen-bond donors (Lipinski definition) is 0. The molecule has 0 aliphatic heterocycles. The molecule has 0 aromatic heterocycles. The Morgan fingerprint density at radius 3 is 2.29 bits per heavy atom. The largest absolute Gasteiger partial charge is 0.496 e. The maximum Gasteiger partial charge on any atom is 0.316 e. The van der Waals surface area contributed by atoms with Crippen molar-refractivity contribution in [2.24, 2.45) is 5.41 Å². The molecule has 17 heavy (non-hydrogen) atoms. The highest BCUT2D eigenvalue weighted by molar-refractivity contribution is 5.89. The Bertz CT molecular complexity index is 451. The number of hydrogen-bond acceptors (Lipinski definition) is 3. The Kier molecular flexibility index (Phi) is 2.64. The summed E-state index contributed by atoms with van der Waals surface area (Å²) in [7, 11) is 3.06. The third kappa shape index (κ3) is 1.53. The van der Waals surface area contributed by atoms with E-state index in [1.54, 1.807) is 7.11 Å². The van der Waals surface area contributed by atoms with Gasteiger partial charge in [-0.15, -0.1) is 0 Å². The molecule has 2 rings (SSSR count). The van der Waals surface area contributed by atoms with E-state index in [0.29, 0.717) is 0 Å². The van der Waals surface area contributed by atoms with Crippen LogP contribution < -0.4 is 4.74 Å². The van der Waals surface area contributed by atoms with E-state index in [9.17, 15) is 4.79 Å². The van der Waals surface area contributed by atoms with Crippen LogP contribution in [0.4, 0.5) is 0 Å². The van der Waals surface area contributed by atoms with Crippen LogP contribution in [0, 0.1) is 5.41 Å². The Morgan fingerprint density at radius 1 is 1.24 bits per heavy atom. The van der Waals surface area contributed by atoms with Gasteiger partial charge in [-0.05, 0) is 17.9 Å². The molecule has 1 saturated carbocycles. The van der Waals surface area contributed by atoms with E-state index in [1.807, 2.05) is 24.3 Å². The second-order valence-electron chi connectivity index (χ2n) is 5.16. The first-order valence-corrected chi connectivity index (χ1v) is 5.71. The van der Waals surface area contributed by atoms with Crippen LogP contribution in [0.1, 0.15) is 25.8 Å². The molecule has 0 N–H and O–H groups in total. The van der Waals surface area contributed by atoms with Crippen LogP contribution in [0.25, 0.3) is 0 Å². The molecule has 1 atom stereocenters. The summed E-state index contributed by atoms with van der Waals surface area (Å²) in [6.45, 7) is 4.16. The Hall–Kier alpha value is -1.51. The lowest BCUT2D eigenvalue weighted by Gasteiger charge is -2.20. The molecule has 0 amide bonds. The molecule has 1 fully saturated rings. The van der Waals surface area contributed by atoms with E-state index in [4.69, 9.17) is 9.47 Å². The number of carbonyl (C=O) groups is 1. The van der Waals surface area contributed by atoms with Crippen molar-refractivity contribution >= 4 is 5.97 Å². The molecule has 1 aromatic carbocycles. The molecule has 1 aromatic rings. The molecule has 3 nitrogen and oxygen atoms in total. The highest BCUT2D eigenvalue weighted by Crippen LogP contribution is 2.66. The summed E-state index contributed by atoms with van der Waals surface area (Å²) >= 11 is 0. The highest BCUT2D eigenvalue weighted by Gasteiger charge is 2.69. The number of methoxy groups -OCH3 is 2. The van der Waals surface area contributed by atoms with Crippen LogP contribution in [0.15, 0.2) is 24.3 Å². The smallest absolute Gasteiger partial charge is 0.316 e. The first-order chi connectivity index (χ1) is 7.99. The molecule has 3 heteroatoms. The molecule has 1 unspecified atom stereocenters. The van der Waals surface area contributed by atoms with Gasteiger partial charge in [0.25, 0.3) is 0 Å². The van der Waals surface area contributed by atoms with Crippen LogP contribution in [-0.4, -0.2) is 20.2 Å². The third-order valence-corrected chi connectivity index (χ3v) is 3.84. The van der Waals surface area contributed by atoms with Crippen molar-refractivity contribution < 1.29 is 14.3 Å². The molecule has 1 aliphatic carbocycles. The second-order valence-corrected chi connectivity index (χ2v) is 5.16. The minimum Gasteiger partial charge on any atom is -0.496 e. The standard InChI is InChI=1S/C14H18O3/c1-13(2)9-14(13,12(15)17-4)10-7-5-6-8-11(10)16-3/h5-8H,9H2,1-4H3. The molecule has 0 heterocycles. The third-order valence-electron chi connectivity index (χ3n) is 3.84. The van der Waals surface area contributed by atoms with Gasteiger partial charge in [-0.1, -0.05) is 32.0 Å². The van der Waals surface area contributed by atoms with Crippen molar-refractivity contribution in [1.29, 1.82) is 0 Å². The summed E-state index contributed by atoms with van der Waals surface area (Å²) in [4.78, 5) is 12.1. The number of ether oxygens (including phenoxy) is 2. The second kappa shape index (κ2) is 3.76. The van der Waals surface area contributed by atoms with Gasteiger partial charge in [0.1, 0.15) is 11.2 Å². The van der Waals surface area contributed by atoms with Crippen molar-refractivity contribution in [3.8, 4) is 5.75 Å². The van der Waals surface area contributed by atoms with E-state index in [0.717, 1.165) is 17.7 Å². The van der Waals surface area contributed by atoms with Crippen molar-refractivity contribution in [2.75, 3.05) is 14.2 Å². The zero-order valence-corrected chi connectivity index (χ0v) is 10.7. The fourth-order valence-corrected chi connectivity index (χ4v) is 2.71. The zero-order valence-electron chi connectivity index (χ0n) is 10.7. The number of rotatable bonds is 3. The molecular weight excluding hydrogens is 216 g/mol. The van der Waals surface area contributed by atoms with Crippen molar-refractivity contribution in [3.63, 3.8) is 0 Å². The molecule has 0 saturated heterocycles. The van der Waals surface area contributed by atoms with Crippen molar-refractivity contribution in [3.05, 3.63) is 29.8 Å². The number of esters is 1. The molecule has 1 aliphatic rings. The van der Waals surface area contributed by atoms with Crippen LogP contribution in [0.5, 0.6) is 5.75 Å². The van der Waals surface area contributed by atoms with Crippen LogP contribution >= 0.6 is 0 Å². The number of carbonyl (C=O) groups excluding carboxylic acids is 1. The quantitative estimate of drug-likeness (QED) is 0.754. The highest BCUT2D eigenvalue weighted by atomic mass is 16.5. The van der Waals surface area contributed by atoms with Crippen LogP contribution in [-0.2, 0) is 14.9 Å². The number of benzene rings is 1. The summed E-state index contributed by atoms with van der Waals surface area (Å²) in [5.41, 5.74) is 0.308. The van der Waals surface area contributed by atoms with Crippen molar-refractivity contribution in [2.45, 2.75) is 25.7 Å². The van der Waals surface area contributed by atoms with E-state index >= 15 is 0 Å². The SMILES string of the molecule is COC(=O)C1(c2ccccc2OC)CC1(C)C. The van der Waals surface area contributed by atoms with E-state index in [-0.39, 0.29) is 11.4 Å². The van der Waals surface area contributed by atoms with Crippen LogP contribution in [0.2, 0.25) is 0 Å². The Morgan fingerprint density at radius 2 is 1.82 bits per heavy atom. The van der Waals surface area contributed by atoms with Gasteiger partial charge in [-0.25, -0.2) is 0 Å². The summed E-state index contributed by atoms with van der Waals surface area (Å²) in [6, 6.07) is 7.67. The predicted octanol–water partition coefficient (Wildman–Crippen LogP) is 2.54. The Balaban J connectivity index is 2.53. The lowest BCUT2D eigenvalue weighted by Crippen LogP contribution is -2.27. The van der Waals surface area contributed by atoms with E-state index in [1.165, 1.54) is 7.11 Å². The normalized spacial score (nSPS) is 25.2. The lowest BCUT2D eigenvalue weighted by molar-refractivity contribution is -0.144. The molecule has 0 bridgehead atoms. The molecule has 0 spiro atoms. The van der Waals surface area contributed by atoms with Gasteiger partial charge in [-0.2, -0.15) is 0 Å². The first-order valence-electron chi connectivity index (χ1n) is 5.71. The summed E-state index contributed by atoms with van der Waals surface area (Å²) in [6.07, 6.45) is 0.799. The minimum atomic E-state index is -0.547. The van der Waals surface area contributed by atoms with Gasteiger partial charge < -0.3 is 9.47 Å². The fraction of sp³-hybridized carbons (Fsp3) is 0.500. The molecule has 92 valence electrons. The average Bonchev–Trinajstić information content (AvgIpc) is 2.92. The van der Waals surface area contributed by atoms with Crippen LogP contribution in [0.3, 0.4) is 0 Å². The van der Waals surface area contributed by atoms with Gasteiger partial charge in [0, 0.05) is 5.56 Å². The maximum atomic E-state index is 12.1. The summed E-state index contributed by atoms with van der Waals surface area (Å²) in [5, 5.41) is 0. The molecular formula is C14H18O3. The van der Waals surface area contributed by atoms with Gasteiger partial charge >= 0.3 is 5.97 Å². The Labute approximate surface area is 102 Å². The van der Waals surface area contributed by atoms with E-state index < -0.39 is 5.41 Å². The fourth-order valence-electron chi connectivity index (χ4n) is 2.71.